The molecule has 0 aliphatic rings. The molecule has 450 valence electrons. The number of rotatable bonds is 8. The Labute approximate surface area is 445 Å². The highest BCUT2D eigenvalue weighted by atomic mass is 32.3. The normalized spacial score (nSPS) is 14.3. The van der Waals surface area contributed by atoms with Crippen molar-refractivity contribution < 1.29 is 117 Å². The van der Waals surface area contributed by atoms with Crippen LogP contribution in [0.25, 0.3) is 22.3 Å². The maximum absolute atomic E-state index is 12.2. The predicted molar refractivity (Wildman–Crippen MR) is 258 cm³/mol. The van der Waals surface area contributed by atoms with Gasteiger partial charge in [0.2, 0.25) is 0 Å². The van der Waals surface area contributed by atoms with Crippen molar-refractivity contribution in [1.82, 2.24) is 0 Å². The van der Waals surface area contributed by atoms with Crippen molar-refractivity contribution in [3.05, 3.63) is 119 Å². The smallest absolute Gasteiger partial charge is 0.499 e. The van der Waals surface area contributed by atoms with E-state index in [-0.39, 0.29) is 21.7 Å². The summed E-state index contributed by atoms with van der Waals surface area (Å²) in [5, 5.41) is -7.11. The molecule has 4 aromatic rings. The average molecular weight is 1240 g/mol. The summed E-state index contributed by atoms with van der Waals surface area (Å²) >= 11 is 0. The van der Waals surface area contributed by atoms with Gasteiger partial charge in [0.15, 0.2) is 10.1 Å². The highest BCUT2D eigenvalue weighted by Gasteiger charge is 2.84. The molecule has 0 unspecified atom stereocenters. The molecule has 0 saturated heterocycles. The first-order chi connectivity index (χ1) is 34.5. The quantitative estimate of drug-likeness (QED) is 0.124. The third-order valence-electron chi connectivity index (χ3n) is 10.8. The summed E-state index contributed by atoms with van der Waals surface area (Å²) in [5.41, 5.74) is -9.50. The largest absolute Gasteiger partial charge is 0.743 e. The van der Waals surface area contributed by atoms with Crippen LogP contribution in [0.15, 0.2) is 97.1 Å². The summed E-state index contributed by atoms with van der Waals surface area (Å²) in [5.74, 6) is -14.8. The molecule has 0 atom stereocenters. The van der Waals surface area contributed by atoms with E-state index in [9.17, 15) is 117 Å². The van der Waals surface area contributed by atoms with E-state index >= 15 is 0 Å². The second kappa shape index (κ2) is 23.3. The van der Waals surface area contributed by atoms with E-state index < -0.39 is 83.3 Å². The van der Waals surface area contributed by atoms with Gasteiger partial charge in [0.1, 0.15) is 0 Å². The van der Waals surface area contributed by atoms with Gasteiger partial charge in [-0.15, -0.1) is 0 Å². The Morgan fingerprint density at radius 2 is 0.468 bits per heavy atom. The van der Waals surface area contributed by atoms with Gasteiger partial charge in [0.25, 0.3) is 33.4 Å². The van der Waals surface area contributed by atoms with E-state index in [1.165, 1.54) is 44.5 Å². The molecule has 4 rings (SSSR count). The minimum atomic E-state index is -7.94. The Hall–Kier alpha value is -4.62. The van der Waals surface area contributed by atoms with E-state index in [1.54, 1.807) is 0 Å². The summed E-state index contributed by atoms with van der Waals surface area (Å²) < 4.78 is 302. The molecule has 0 radical (unpaired) electrons. The molecule has 9 nitrogen and oxygen atoms in total. The van der Waals surface area contributed by atoms with Crippen molar-refractivity contribution in [1.29, 1.82) is 0 Å². The third kappa shape index (κ3) is 17.0. The van der Waals surface area contributed by atoms with E-state index in [0.29, 0.717) is 0 Å². The molecular formula is C48H53F18O9S4-. The molecule has 79 heavy (non-hydrogen) atoms. The van der Waals surface area contributed by atoms with E-state index in [4.69, 9.17) is 0 Å². The van der Waals surface area contributed by atoms with Crippen molar-refractivity contribution in [2.75, 3.05) is 0 Å². The van der Waals surface area contributed by atoms with Gasteiger partial charge in [0, 0.05) is 0 Å². The zero-order valence-corrected chi connectivity index (χ0v) is 46.7. The first-order valence-electron chi connectivity index (χ1n) is 22.0. The number of halogens is 18. The van der Waals surface area contributed by atoms with Gasteiger partial charge >= 0.3 is 39.8 Å². The topological polar surface area (TPSA) is 160 Å². The summed E-state index contributed by atoms with van der Waals surface area (Å²) in [6.45, 7) is 27.0. The maximum Gasteiger partial charge on any atom is 0.499 e. The molecule has 0 N–H and O–H groups in total. The van der Waals surface area contributed by atoms with Gasteiger partial charge in [-0.2, -0.15) is 79.0 Å². The Bertz CT molecular complexity index is 2820. The molecule has 31 heteroatoms. The first kappa shape index (κ1) is 72.4. The van der Waals surface area contributed by atoms with Crippen LogP contribution in [-0.4, -0.2) is 81.9 Å². The Morgan fingerprint density at radius 3 is 0.582 bits per heavy atom. The molecule has 4 aromatic carbocycles. The van der Waals surface area contributed by atoms with Crippen LogP contribution in [0.5, 0.6) is 0 Å². The summed E-state index contributed by atoms with van der Waals surface area (Å²) in [6.07, 6.45) is -7.16. The Morgan fingerprint density at radius 1 is 0.304 bits per heavy atom. The van der Waals surface area contributed by atoms with Crippen molar-refractivity contribution in [2.45, 2.75) is 148 Å². The van der Waals surface area contributed by atoms with Gasteiger partial charge in [-0.25, -0.2) is 33.7 Å². The SMILES string of the molecule is CC(C)(C)c1ccc(-c2ccc(C(C)(C)C)cc2)cc1.CC(C)(C)c1ccc(-c2ccc(C(C)(C)C)cc2)cc1.O=S(=O)(C(S(=O)(=O)C(F)(F)F)S(=O)(=O)C(F)(F)F)C(F)(F)F.O=S(=O)([O-])C(F)(F)C(F)(F)C(F)(F)C(F)(F)F. The number of benzene rings is 4. The zero-order valence-electron chi connectivity index (χ0n) is 43.4. The van der Waals surface area contributed by atoms with Crippen molar-refractivity contribution in [2.24, 2.45) is 0 Å². The highest BCUT2D eigenvalue weighted by Crippen LogP contribution is 2.54. The van der Waals surface area contributed by atoms with Gasteiger partial charge in [-0.1, -0.05) is 180 Å². The maximum atomic E-state index is 12.2. The summed E-state index contributed by atoms with van der Waals surface area (Å²) in [7, 11) is -31.2. The molecule has 0 aliphatic carbocycles. The lowest BCUT2D eigenvalue weighted by atomic mass is 9.85. The van der Waals surface area contributed by atoms with Crippen LogP contribution in [0.3, 0.4) is 0 Å². The molecule has 0 aliphatic heterocycles. The fourth-order valence-electron chi connectivity index (χ4n) is 6.00. The van der Waals surface area contributed by atoms with Crippen LogP contribution < -0.4 is 0 Å². The monoisotopic (exact) mass is 1240 g/mol. The van der Waals surface area contributed by atoms with E-state index in [2.05, 4.69) is 180 Å². The minimum Gasteiger partial charge on any atom is -0.743 e. The van der Waals surface area contributed by atoms with Crippen LogP contribution in [0, 0.1) is 0 Å². The van der Waals surface area contributed by atoms with E-state index in [0.717, 1.165) is 0 Å². The number of hydrogen-bond donors (Lipinski definition) is 0. The lowest BCUT2D eigenvalue weighted by Crippen LogP contribution is -2.63. The molecule has 0 fully saturated rings. The van der Waals surface area contributed by atoms with Crippen LogP contribution in [0.2, 0.25) is 0 Å². The lowest BCUT2D eigenvalue weighted by molar-refractivity contribution is -0.382. The Kier molecular flexibility index (Phi) is 21.4. The highest BCUT2D eigenvalue weighted by molar-refractivity contribution is 8.24. The first-order valence-corrected chi connectivity index (χ1v) is 28.0. The molecular weight excluding hydrogens is 1190 g/mol. The van der Waals surface area contributed by atoms with Crippen LogP contribution >= 0.6 is 0 Å². The summed E-state index contributed by atoms with van der Waals surface area (Å²) in [6, 6.07) is 35.8. The average Bonchev–Trinajstić information content (AvgIpc) is 3.24. The molecule has 0 saturated carbocycles. The van der Waals surface area contributed by atoms with Crippen molar-refractivity contribution in [3.8, 4) is 22.3 Å². The van der Waals surface area contributed by atoms with Crippen molar-refractivity contribution in [3.63, 3.8) is 0 Å². The van der Waals surface area contributed by atoms with Gasteiger partial charge < -0.3 is 4.55 Å². The number of sulfone groups is 3. The van der Waals surface area contributed by atoms with E-state index in [1.807, 2.05) is 0 Å². The number of hydrogen-bond acceptors (Lipinski definition) is 9. The van der Waals surface area contributed by atoms with Crippen molar-refractivity contribution >= 4 is 39.6 Å². The van der Waals surface area contributed by atoms with Gasteiger partial charge in [0.05, 0.1) is 0 Å². The standard InChI is InChI=1S/2C20H26.C4HF9O6S3.C4HF9O3S/c2*1-19(2,3)17-11-7-15(8-12-17)16-9-13-18(14-10-16)20(4,5)6;5-2(6,7)20(14,15)1(21(16,17)3(8,9)10)22(18,19)4(11,12)13;5-1(6,3(9,10)11)2(7,8)4(12,13)17(14,15)16/h2*7-14H,1-6H3;1H;(H,14,15,16)/p-1. The predicted octanol–water partition coefficient (Wildman–Crippen LogP) is 14.9. The zero-order chi connectivity index (χ0) is 63.0. The second-order valence-corrected chi connectivity index (χ2v) is 29.6. The number of alkyl halides is 18. The fraction of sp³-hybridized carbons (Fsp3) is 0.500. The fourth-order valence-corrected chi connectivity index (χ4v) is 13.1. The molecule has 0 aromatic heterocycles. The van der Waals surface area contributed by atoms with Crippen LogP contribution in [-0.2, 0) is 61.3 Å². The lowest BCUT2D eigenvalue weighted by Gasteiger charge is -2.34. The molecule has 0 spiro atoms. The molecule has 0 heterocycles. The van der Waals surface area contributed by atoms with Crippen LogP contribution in [0.4, 0.5) is 79.0 Å². The summed E-state index contributed by atoms with van der Waals surface area (Å²) in [4.78, 5) is 0. The Balaban J connectivity index is 0.000000529. The van der Waals surface area contributed by atoms with Gasteiger partial charge in [-0.05, 0) is 66.2 Å². The molecule has 0 amide bonds. The minimum absolute atomic E-state index is 0.217. The van der Waals surface area contributed by atoms with Gasteiger partial charge in [-0.3, -0.25) is 0 Å². The van der Waals surface area contributed by atoms with Crippen LogP contribution in [0.1, 0.15) is 105 Å². The third-order valence-corrected chi connectivity index (χ3v) is 19.7. The second-order valence-electron chi connectivity index (χ2n) is 21.2. The molecule has 0 bridgehead atoms.